The van der Waals surface area contributed by atoms with Crippen LogP contribution in [-0.4, -0.2) is 59.9 Å². The first kappa shape index (κ1) is 21.5. The number of aromatic nitrogens is 2. The predicted octanol–water partition coefficient (Wildman–Crippen LogP) is 3.46. The van der Waals surface area contributed by atoms with Crippen molar-refractivity contribution >= 4 is 17.9 Å². The lowest BCUT2D eigenvalue weighted by Gasteiger charge is -2.26. The second-order valence-corrected chi connectivity index (χ2v) is 8.49. The maximum atomic E-state index is 12.2. The number of nitrogens with zero attached hydrogens (tertiary/aromatic N) is 4. The summed E-state index contributed by atoms with van der Waals surface area (Å²) in [4.78, 5) is 25.2. The first-order valence-electron chi connectivity index (χ1n) is 11.0. The summed E-state index contributed by atoms with van der Waals surface area (Å²) in [7, 11) is 0. The highest BCUT2D eigenvalue weighted by atomic mass is 16.6. The van der Waals surface area contributed by atoms with E-state index < -0.39 is 0 Å². The zero-order chi connectivity index (χ0) is 21.8. The second kappa shape index (κ2) is 9.62. The Kier molecular flexibility index (Phi) is 6.67. The Hall–Kier alpha value is -2.71. The van der Waals surface area contributed by atoms with Gasteiger partial charge in [-0.05, 0) is 30.0 Å². The van der Waals surface area contributed by atoms with Crippen LogP contribution in [0.2, 0.25) is 0 Å². The summed E-state index contributed by atoms with van der Waals surface area (Å²) in [6.45, 7) is 11.1. The molecule has 3 heterocycles. The quantitative estimate of drug-likeness (QED) is 0.728. The van der Waals surface area contributed by atoms with Crippen LogP contribution in [-0.2, 0) is 16.0 Å². The number of amides is 1. The summed E-state index contributed by atoms with van der Waals surface area (Å²) in [5.41, 5.74) is 2.45. The monoisotopic (exact) mass is 425 g/mol. The first-order chi connectivity index (χ1) is 15.0. The van der Waals surface area contributed by atoms with Crippen LogP contribution < -0.4 is 10.2 Å². The highest BCUT2D eigenvalue weighted by Gasteiger charge is 2.37. The number of anilines is 2. The van der Waals surface area contributed by atoms with Crippen LogP contribution >= 0.6 is 0 Å². The van der Waals surface area contributed by atoms with Gasteiger partial charge in [-0.15, -0.1) is 0 Å². The number of ether oxygens (including phenoxy) is 2. The molecule has 1 aromatic carbocycles. The van der Waals surface area contributed by atoms with Gasteiger partial charge in [0.1, 0.15) is 12.4 Å². The molecule has 2 aromatic rings. The summed E-state index contributed by atoms with van der Waals surface area (Å²) >= 11 is 0. The molecule has 166 valence electrons. The van der Waals surface area contributed by atoms with E-state index in [1.54, 1.807) is 17.2 Å². The lowest BCUT2D eigenvalue weighted by Crippen LogP contribution is -2.37. The Morgan fingerprint density at radius 2 is 1.87 bits per heavy atom. The lowest BCUT2D eigenvalue weighted by molar-refractivity contribution is 0.0342. The molecule has 1 amide bonds. The molecule has 0 radical (unpaired) electrons. The van der Waals surface area contributed by atoms with Gasteiger partial charge in [0.25, 0.3) is 0 Å². The van der Waals surface area contributed by atoms with Crippen LogP contribution in [0.15, 0.2) is 36.5 Å². The molecular formula is C23H31N5O3. The van der Waals surface area contributed by atoms with Crippen molar-refractivity contribution in [2.24, 2.45) is 5.92 Å². The summed E-state index contributed by atoms with van der Waals surface area (Å²) in [5.74, 6) is 1.32. The normalized spacial score (nSPS) is 20.7. The molecule has 8 nitrogen and oxygen atoms in total. The fraction of sp³-hybridized carbons (Fsp3) is 0.522. The SMILES string of the molecule is CC(C)C1COC(=O)N1c1ccnc(N[C@@H](C)c2ccc(CN3CCOCC3)cc2)n1. The van der Waals surface area contributed by atoms with Crippen LogP contribution in [0.3, 0.4) is 0 Å². The van der Waals surface area contributed by atoms with Crippen molar-refractivity contribution in [3.05, 3.63) is 47.7 Å². The van der Waals surface area contributed by atoms with Gasteiger partial charge in [0.15, 0.2) is 0 Å². The van der Waals surface area contributed by atoms with Crippen LogP contribution in [0.25, 0.3) is 0 Å². The molecule has 2 aliphatic heterocycles. The molecular weight excluding hydrogens is 394 g/mol. The van der Waals surface area contributed by atoms with Crippen molar-refractivity contribution < 1.29 is 14.3 Å². The molecule has 0 aliphatic carbocycles. The summed E-state index contributed by atoms with van der Waals surface area (Å²) in [5, 5.41) is 3.35. The highest BCUT2D eigenvalue weighted by Crippen LogP contribution is 2.26. The molecule has 1 aromatic heterocycles. The van der Waals surface area contributed by atoms with E-state index in [9.17, 15) is 4.79 Å². The Bertz CT molecular complexity index is 883. The van der Waals surface area contributed by atoms with Gasteiger partial charge in [-0.25, -0.2) is 9.78 Å². The number of hydrogen-bond acceptors (Lipinski definition) is 7. The van der Waals surface area contributed by atoms with E-state index >= 15 is 0 Å². The Morgan fingerprint density at radius 3 is 2.58 bits per heavy atom. The molecule has 1 N–H and O–H groups in total. The minimum absolute atomic E-state index is 0.0216. The number of carbonyl (C=O) groups is 1. The number of benzene rings is 1. The fourth-order valence-corrected chi connectivity index (χ4v) is 3.95. The van der Waals surface area contributed by atoms with Crippen molar-refractivity contribution in [3.63, 3.8) is 0 Å². The van der Waals surface area contributed by atoms with Gasteiger partial charge in [0, 0.05) is 25.8 Å². The van der Waals surface area contributed by atoms with Crippen LogP contribution in [0.5, 0.6) is 0 Å². The highest BCUT2D eigenvalue weighted by molar-refractivity contribution is 5.89. The molecule has 2 saturated heterocycles. The number of hydrogen-bond donors (Lipinski definition) is 1. The molecule has 0 bridgehead atoms. The standard InChI is InChI=1S/C23H31N5O3/c1-16(2)20-15-31-23(29)28(20)21-8-9-24-22(26-21)25-17(3)19-6-4-18(5-7-19)14-27-10-12-30-13-11-27/h4-9,16-17,20H,10-15H2,1-3H3,(H,24,25,26)/t17-,20?/m0/s1. The molecule has 2 fully saturated rings. The average molecular weight is 426 g/mol. The number of cyclic esters (lactones) is 1. The second-order valence-electron chi connectivity index (χ2n) is 8.49. The van der Waals surface area contributed by atoms with Crippen LogP contribution in [0.4, 0.5) is 16.6 Å². The molecule has 0 spiro atoms. The van der Waals surface area contributed by atoms with Gasteiger partial charge < -0.3 is 14.8 Å². The molecule has 0 saturated carbocycles. The van der Waals surface area contributed by atoms with E-state index in [0.717, 1.165) is 38.4 Å². The van der Waals surface area contributed by atoms with Gasteiger partial charge in [-0.3, -0.25) is 9.80 Å². The number of carbonyl (C=O) groups excluding carboxylic acids is 1. The zero-order valence-corrected chi connectivity index (χ0v) is 18.5. The third-order valence-corrected chi connectivity index (χ3v) is 5.90. The Balaban J connectivity index is 1.41. The van der Waals surface area contributed by atoms with Gasteiger partial charge in [0.05, 0.1) is 25.3 Å². The molecule has 31 heavy (non-hydrogen) atoms. The van der Waals surface area contributed by atoms with Crippen molar-refractivity contribution in [1.29, 1.82) is 0 Å². The lowest BCUT2D eigenvalue weighted by atomic mass is 10.0. The molecule has 1 unspecified atom stereocenters. The minimum Gasteiger partial charge on any atom is -0.447 e. The van der Waals surface area contributed by atoms with E-state index in [1.807, 2.05) is 0 Å². The molecule has 2 aliphatic rings. The van der Waals surface area contributed by atoms with Crippen molar-refractivity contribution in [1.82, 2.24) is 14.9 Å². The van der Waals surface area contributed by atoms with Crippen LogP contribution in [0, 0.1) is 5.92 Å². The third-order valence-electron chi connectivity index (χ3n) is 5.90. The van der Waals surface area contributed by atoms with E-state index in [0.29, 0.717) is 18.4 Å². The minimum atomic E-state index is -0.354. The van der Waals surface area contributed by atoms with Gasteiger partial charge in [-0.1, -0.05) is 38.1 Å². The maximum Gasteiger partial charge on any atom is 0.415 e. The largest absolute Gasteiger partial charge is 0.447 e. The summed E-state index contributed by atoms with van der Waals surface area (Å²) in [6, 6.07) is 10.4. The van der Waals surface area contributed by atoms with E-state index in [2.05, 4.69) is 65.2 Å². The summed E-state index contributed by atoms with van der Waals surface area (Å²) in [6.07, 6.45) is 1.32. The van der Waals surface area contributed by atoms with Crippen molar-refractivity contribution in [3.8, 4) is 0 Å². The van der Waals surface area contributed by atoms with Gasteiger partial charge in [0.2, 0.25) is 5.95 Å². The molecule has 2 atom stereocenters. The molecule has 4 rings (SSSR count). The summed E-state index contributed by atoms with van der Waals surface area (Å²) < 4.78 is 10.7. The van der Waals surface area contributed by atoms with Crippen LogP contribution in [0.1, 0.15) is 37.9 Å². The van der Waals surface area contributed by atoms with E-state index in [4.69, 9.17) is 9.47 Å². The number of nitrogens with one attached hydrogen (secondary N) is 1. The first-order valence-corrected chi connectivity index (χ1v) is 11.0. The third kappa shape index (κ3) is 5.14. The smallest absolute Gasteiger partial charge is 0.415 e. The van der Waals surface area contributed by atoms with Crippen molar-refractivity contribution in [2.45, 2.75) is 39.4 Å². The maximum absolute atomic E-state index is 12.2. The van der Waals surface area contributed by atoms with E-state index in [-0.39, 0.29) is 24.1 Å². The fourth-order valence-electron chi connectivity index (χ4n) is 3.95. The van der Waals surface area contributed by atoms with E-state index in [1.165, 1.54) is 5.56 Å². The van der Waals surface area contributed by atoms with Gasteiger partial charge >= 0.3 is 6.09 Å². The Labute approximate surface area is 183 Å². The molecule has 8 heteroatoms. The number of rotatable bonds is 7. The predicted molar refractivity (Wildman–Crippen MR) is 119 cm³/mol. The average Bonchev–Trinajstić information content (AvgIpc) is 3.17. The van der Waals surface area contributed by atoms with Gasteiger partial charge in [-0.2, -0.15) is 4.98 Å². The Morgan fingerprint density at radius 1 is 1.13 bits per heavy atom. The number of morpholine rings is 1. The zero-order valence-electron chi connectivity index (χ0n) is 18.5. The topological polar surface area (TPSA) is 79.8 Å². The van der Waals surface area contributed by atoms with Crippen molar-refractivity contribution in [2.75, 3.05) is 43.1 Å².